The van der Waals surface area contributed by atoms with Crippen molar-refractivity contribution in [3.05, 3.63) is 84.3 Å². The maximum absolute atomic E-state index is 12.6. The summed E-state index contributed by atoms with van der Waals surface area (Å²) in [7, 11) is 0. The van der Waals surface area contributed by atoms with E-state index in [1.54, 1.807) is 29.2 Å². The number of aromatic nitrogens is 2. The second-order valence-electron chi connectivity index (χ2n) is 8.53. The third kappa shape index (κ3) is 5.06. The van der Waals surface area contributed by atoms with Crippen molar-refractivity contribution in [3.63, 3.8) is 0 Å². The van der Waals surface area contributed by atoms with Gasteiger partial charge in [-0.3, -0.25) is 9.59 Å². The maximum atomic E-state index is 12.6. The van der Waals surface area contributed by atoms with Crippen LogP contribution in [0.4, 0.5) is 11.4 Å². The van der Waals surface area contributed by atoms with Gasteiger partial charge in [-0.2, -0.15) is 4.98 Å². The number of amides is 2. The Bertz CT molecular complexity index is 1350. The summed E-state index contributed by atoms with van der Waals surface area (Å²) < 4.78 is 11.4. The van der Waals surface area contributed by atoms with Crippen LogP contribution in [0.3, 0.4) is 0 Å². The smallest absolute Gasteiger partial charge is 0.232 e. The highest BCUT2D eigenvalue weighted by Crippen LogP contribution is 2.32. The molecule has 1 saturated heterocycles. The van der Waals surface area contributed by atoms with Crippen LogP contribution in [0.5, 0.6) is 11.5 Å². The molecule has 1 N–H and O–H groups in total. The zero-order chi connectivity index (χ0) is 24.4. The number of rotatable bonds is 6. The molecule has 1 unspecified atom stereocenters. The molecule has 4 aromatic rings. The molecule has 2 heterocycles. The predicted octanol–water partition coefficient (Wildman–Crippen LogP) is 5.32. The molecule has 0 spiro atoms. The number of hydrogen-bond acceptors (Lipinski definition) is 6. The third-order valence-corrected chi connectivity index (χ3v) is 5.78. The summed E-state index contributed by atoms with van der Waals surface area (Å²) in [5.74, 6) is 2.01. The van der Waals surface area contributed by atoms with Gasteiger partial charge in [-0.15, -0.1) is 0 Å². The Kier molecular flexibility index (Phi) is 6.01. The van der Waals surface area contributed by atoms with Crippen LogP contribution >= 0.6 is 0 Å². The fourth-order valence-electron chi connectivity index (χ4n) is 3.98. The van der Waals surface area contributed by atoms with Crippen LogP contribution in [0.1, 0.15) is 30.7 Å². The number of anilines is 2. The SMILES string of the molecule is CC(=O)Nc1ccc(Oc2ccc(-c3noc(C4CC(=O)N(c5ccc(C)cc5)C4)n3)cc2)cc1. The van der Waals surface area contributed by atoms with Crippen molar-refractivity contribution in [2.45, 2.75) is 26.2 Å². The number of ether oxygens (including phenoxy) is 1. The Morgan fingerprint density at radius 2 is 1.66 bits per heavy atom. The molecule has 1 aromatic heterocycles. The topological polar surface area (TPSA) is 97.6 Å². The Morgan fingerprint density at radius 3 is 2.31 bits per heavy atom. The molecule has 5 rings (SSSR count). The molecule has 0 aliphatic carbocycles. The minimum absolute atomic E-state index is 0.0465. The summed E-state index contributed by atoms with van der Waals surface area (Å²) in [6.45, 7) is 3.99. The molecule has 1 aliphatic heterocycles. The normalized spacial score (nSPS) is 15.3. The molecular weight excluding hydrogens is 444 g/mol. The van der Waals surface area contributed by atoms with Gasteiger partial charge in [0.1, 0.15) is 11.5 Å². The number of carbonyl (C=O) groups is 2. The van der Waals surface area contributed by atoms with E-state index in [0.29, 0.717) is 41.9 Å². The van der Waals surface area contributed by atoms with Crippen LogP contribution < -0.4 is 15.0 Å². The molecule has 176 valence electrons. The lowest BCUT2D eigenvalue weighted by Crippen LogP contribution is -2.24. The molecule has 0 bridgehead atoms. The van der Waals surface area contributed by atoms with E-state index in [0.717, 1.165) is 16.8 Å². The van der Waals surface area contributed by atoms with Gasteiger partial charge in [0.25, 0.3) is 0 Å². The van der Waals surface area contributed by atoms with E-state index in [-0.39, 0.29) is 17.7 Å². The van der Waals surface area contributed by atoms with Gasteiger partial charge in [-0.1, -0.05) is 22.9 Å². The fraction of sp³-hybridized carbons (Fsp3) is 0.185. The van der Waals surface area contributed by atoms with Gasteiger partial charge >= 0.3 is 0 Å². The lowest BCUT2D eigenvalue weighted by Gasteiger charge is -2.16. The standard InChI is InChI=1S/C27H24N4O4/c1-17-3-9-22(10-4-17)31-16-20(15-25(31)33)27-29-26(30-35-27)19-5-11-23(12-6-19)34-24-13-7-21(8-14-24)28-18(2)32/h3-14,20H,15-16H2,1-2H3,(H,28,32). The maximum Gasteiger partial charge on any atom is 0.232 e. The Morgan fingerprint density at radius 1 is 1.00 bits per heavy atom. The minimum Gasteiger partial charge on any atom is -0.457 e. The van der Waals surface area contributed by atoms with Crippen molar-refractivity contribution in [3.8, 4) is 22.9 Å². The number of hydrogen-bond donors (Lipinski definition) is 1. The first-order valence-electron chi connectivity index (χ1n) is 11.3. The van der Waals surface area contributed by atoms with Crippen LogP contribution in [-0.4, -0.2) is 28.5 Å². The van der Waals surface area contributed by atoms with E-state index >= 15 is 0 Å². The van der Waals surface area contributed by atoms with E-state index < -0.39 is 0 Å². The van der Waals surface area contributed by atoms with E-state index in [2.05, 4.69) is 15.5 Å². The van der Waals surface area contributed by atoms with Crippen LogP contribution in [0.2, 0.25) is 0 Å². The molecule has 1 atom stereocenters. The van der Waals surface area contributed by atoms with Crippen molar-refractivity contribution in [2.24, 2.45) is 0 Å². The number of carbonyl (C=O) groups excluding carboxylic acids is 2. The van der Waals surface area contributed by atoms with E-state index in [4.69, 9.17) is 9.26 Å². The van der Waals surface area contributed by atoms with E-state index in [9.17, 15) is 9.59 Å². The summed E-state index contributed by atoms with van der Waals surface area (Å²) in [6.07, 6.45) is 0.336. The first-order valence-corrected chi connectivity index (χ1v) is 11.3. The second-order valence-corrected chi connectivity index (χ2v) is 8.53. The van der Waals surface area contributed by atoms with Gasteiger partial charge in [0.15, 0.2) is 0 Å². The summed E-state index contributed by atoms with van der Waals surface area (Å²) >= 11 is 0. The van der Waals surface area contributed by atoms with Crippen LogP contribution in [-0.2, 0) is 9.59 Å². The van der Waals surface area contributed by atoms with Crippen molar-refractivity contribution < 1.29 is 18.8 Å². The number of aryl methyl sites for hydroxylation is 1. The minimum atomic E-state index is -0.145. The molecule has 1 aliphatic rings. The van der Waals surface area contributed by atoms with Crippen molar-refractivity contribution in [2.75, 3.05) is 16.8 Å². The number of benzene rings is 3. The number of nitrogens with zero attached hydrogens (tertiary/aromatic N) is 3. The first-order chi connectivity index (χ1) is 16.9. The molecule has 1 fully saturated rings. The van der Waals surface area contributed by atoms with Gasteiger partial charge in [0.05, 0.1) is 5.92 Å². The third-order valence-electron chi connectivity index (χ3n) is 5.78. The summed E-state index contributed by atoms with van der Waals surface area (Å²) in [5.41, 5.74) is 3.52. The van der Waals surface area contributed by atoms with Crippen LogP contribution in [0, 0.1) is 6.92 Å². The highest BCUT2D eigenvalue weighted by atomic mass is 16.5. The van der Waals surface area contributed by atoms with Gasteiger partial charge in [-0.25, -0.2) is 0 Å². The van der Waals surface area contributed by atoms with E-state index in [1.807, 2.05) is 55.5 Å². The van der Waals surface area contributed by atoms with Crippen molar-refractivity contribution in [1.82, 2.24) is 10.1 Å². The molecule has 8 nitrogen and oxygen atoms in total. The zero-order valence-electron chi connectivity index (χ0n) is 19.4. The van der Waals surface area contributed by atoms with Gasteiger partial charge in [0.2, 0.25) is 23.5 Å². The molecule has 35 heavy (non-hydrogen) atoms. The Hall–Kier alpha value is -4.46. The molecule has 8 heteroatoms. The van der Waals surface area contributed by atoms with Crippen LogP contribution in [0.25, 0.3) is 11.4 Å². The average molecular weight is 469 g/mol. The quantitative estimate of drug-likeness (QED) is 0.412. The largest absolute Gasteiger partial charge is 0.457 e. The molecule has 2 amide bonds. The van der Waals surface area contributed by atoms with Crippen molar-refractivity contribution >= 4 is 23.2 Å². The average Bonchev–Trinajstić information content (AvgIpc) is 3.48. The zero-order valence-corrected chi connectivity index (χ0v) is 19.4. The fourth-order valence-corrected chi connectivity index (χ4v) is 3.98. The lowest BCUT2D eigenvalue weighted by atomic mass is 10.1. The van der Waals surface area contributed by atoms with Gasteiger partial charge < -0.3 is 19.5 Å². The lowest BCUT2D eigenvalue weighted by molar-refractivity contribution is -0.117. The molecule has 3 aromatic carbocycles. The van der Waals surface area contributed by atoms with Gasteiger partial charge in [0, 0.05) is 36.8 Å². The summed E-state index contributed by atoms with van der Waals surface area (Å²) in [5, 5.41) is 6.84. The molecule has 0 radical (unpaired) electrons. The number of nitrogens with one attached hydrogen (secondary N) is 1. The summed E-state index contributed by atoms with van der Waals surface area (Å²) in [6, 6.07) is 22.4. The molecular formula is C27H24N4O4. The van der Waals surface area contributed by atoms with Gasteiger partial charge in [-0.05, 0) is 67.6 Å². The van der Waals surface area contributed by atoms with E-state index in [1.165, 1.54) is 6.92 Å². The predicted molar refractivity (Wildman–Crippen MR) is 131 cm³/mol. The van der Waals surface area contributed by atoms with Crippen molar-refractivity contribution in [1.29, 1.82) is 0 Å². The Labute approximate surface area is 202 Å². The highest BCUT2D eigenvalue weighted by Gasteiger charge is 2.35. The first kappa shape index (κ1) is 22.3. The monoisotopic (exact) mass is 468 g/mol. The second kappa shape index (κ2) is 9.42. The van der Waals surface area contributed by atoms with Crippen LogP contribution in [0.15, 0.2) is 77.3 Å². The summed E-state index contributed by atoms with van der Waals surface area (Å²) in [4.78, 5) is 30.0. The highest BCUT2D eigenvalue weighted by molar-refractivity contribution is 5.96. The Balaban J connectivity index is 1.24. The molecule has 0 saturated carbocycles.